The number of carbonyl (C=O) groups excluding carboxylic acids is 1. The van der Waals surface area contributed by atoms with Crippen molar-refractivity contribution in [2.24, 2.45) is 0 Å². The van der Waals surface area contributed by atoms with Crippen molar-refractivity contribution in [2.45, 2.75) is 63.4 Å². The predicted molar refractivity (Wildman–Crippen MR) is 116 cm³/mol. The smallest absolute Gasteiger partial charge is 0.407 e. The lowest BCUT2D eigenvalue weighted by molar-refractivity contribution is 0.0527. The van der Waals surface area contributed by atoms with Crippen LogP contribution in [0.4, 0.5) is 4.79 Å². The summed E-state index contributed by atoms with van der Waals surface area (Å²) in [5.41, 5.74) is -0.483. The number of ether oxygens (including phenoxy) is 1. The lowest BCUT2D eigenvalue weighted by Gasteiger charge is -2.19. The molecule has 0 aliphatic heterocycles. The molecule has 0 bridgehead atoms. The summed E-state index contributed by atoms with van der Waals surface area (Å²) < 4.78 is 33.1. The lowest BCUT2D eigenvalue weighted by atomic mass is 10.1. The molecule has 2 aromatic rings. The largest absolute Gasteiger partial charge is 0.444 e. The van der Waals surface area contributed by atoms with Crippen LogP contribution in [0.5, 0.6) is 0 Å². The standard InChI is InChI=1S/C22H32N2O4S/c1-22(2,3)28-21(25)23-16-9-5-4-6-10-17-24-29(26,27)20-15-11-13-18-12-7-8-14-19(18)20/h7-8,11-15,24H,4-6,9-10,16-17H2,1-3H3,(H,23,25). The highest BCUT2D eigenvalue weighted by molar-refractivity contribution is 7.89. The monoisotopic (exact) mass is 420 g/mol. The zero-order chi connectivity index (χ0) is 21.3. The number of unbranched alkanes of at least 4 members (excludes halogenated alkanes) is 4. The van der Waals surface area contributed by atoms with Gasteiger partial charge in [-0.05, 0) is 45.1 Å². The second kappa shape index (κ2) is 10.6. The summed E-state index contributed by atoms with van der Waals surface area (Å²) in [5.74, 6) is 0. The Morgan fingerprint density at radius 3 is 2.24 bits per heavy atom. The van der Waals surface area contributed by atoms with Crippen LogP contribution in [-0.2, 0) is 14.8 Å². The molecule has 0 aliphatic rings. The van der Waals surface area contributed by atoms with Gasteiger partial charge in [0.1, 0.15) is 5.60 Å². The van der Waals surface area contributed by atoms with Crippen molar-refractivity contribution >= 4 is 26.9 Å². The molecule has 0 heterocycles. The zero-order valence-corrected chi connectivity index (χ0v) is 18.3. The Morgan fingerprint density at radius 2 is 1.52 bits per heavy atom. The van der Waals surface area contributed by atoms with Gasteiger partial charge in [-0.3, -0.25) is 0 Å². The molecular formula is C22H32N2O4S. The van der Waals surface area contributed by atoms with E-state index >= 15 is 0 Å². The Morgan fingerprint density at radius 1 is 0.897 bits per heavy atom. The number of fused-ring (bicyclic) bond motifs is 1. The van der Waals surface area contributed by atoms with Gasteiger partial charge in [0.15, 0.2) is 0 Å². The van der Waals surface area contributed by atoms with Gasteiger partial charge in [0.05, 0.1) is 4.90 Å². The number of amides is 1. The molecule has 0 unspecified atom stereocenters. The van der Waals surface area contributed by atoms with Gasteiger partial charge in [0, 0.05) is 18.5 Å². The third-order valence-electron chi connectivity index (χ3n) is 4.35. The van der Waals surface area contributed by atoms with Gasteiger partial charge >= 0.3 is 6.09 Å². The summed E-state index contributed by atoms with van der Waals surface area (Å²) in [7, 11) is -3.52. The fourth-order valence-electron chi connectivity index (χ4n) is 3.00. The van der Waals surface area contributed by atoms with E-state index < -0.39 is 15.6 Å². The van der Waals surface area contributed by atoms with E-state index in [1.54, 1.807) is 12.1 Å². The molecule has 0 spiro atoms. The van der Waals surface area contributed by atoms with Crippen molar-refractivity contribution in [3.8, 4) is 0 Å². The third-order valence-corrected chi connectivity index (χ3v) is 5.87. The summed E-state index contributed by atoms with van der Waals surface area (Å²) in [6.07, 6.45) is 4.17. The average Bonchev–Trinajstić information content (AvgIpc) is 2.64. The predicted octanol–water partition coefficient (Wildman–Crippen LogP) is 4.59. The number of rotatable bonds is 10. The highest BCUT2D eigenvalue weighted by atomic mass is 32.2. The molecule has 0 aliphatic carbocycles. The van der Waals surface area contributed by atoms with Crippen molar-refractivity contribution in [3.05, 3.63) is 42.5 Å². The SMILES string of the molecule is CC(C)(C)OC(=O)NCCCCCCCNS(=O)(=O)c1cccc2ccccc12. The topological polar surface area (TPSA) is 84.5 Å². The average molecular weight is 421 g/mol. The maximum absolute atomic E-state index is 12.6. The molecule has 0 radical (unpaired) electrons. The highest BCUT2D eigenvalue weighted by Gasteiger charge is 2.16. The van der Waals surface area contributed by atoms with Crippen LogP contribution in [-0.4, -0.2) is 33.2 Å². The summed E-state index contributed by atoms with van der Waals surface area (Å²) >= 11 is 0. The van der Waals surface area contributed by atoms with Gasteiger partial charge in [-0.2, -0.15) is 0 Å². The minimum atomic E-state index is -3.52. The van der Waals surface area contributed by atoms with Crippen LogP contribution in [0.1, 0.15) is 52.9 Å². The van der Waals surface area contributed by atoms with E-state index in [2.05, 4.69) is 10.0 Å². The summed E-state index contributed by atoms with van der Waals surface area (Å²) in [4.78, 5) is 11.8. The fraction of sp³-hybridized carbons (Fsp3) is 0.500. The van der Waals surface area contributed by atoms with Crippen molar-refractivity contribution in [3.63, 3.8) is 0 Å². The number of hydrogen-bond donors (Lipinski definition) is 2. The van der Waals surface area contributed by atoms with E-state index in [1.165, 1.54) is 0 Å². The van der Waals surface area contributed by atoms with E-state index in [-0.39, 0.29) is 6.09 Å². The van der Waals surface area contributed by atoms with Crippen LogP contribution < -0.4 is 10.0 Å². The normalized spacial score (nSPS) is 12.1. The van der Waals surface area contributed by atoms with Crippen molar-refractivity contribution in [1.29, 1.82) is 0 Å². The molecule has 0 saturated heterocycles. The molecule has 6 nitrogen and oxygen atoms in total. The first kappa shape index (κ1) is 23.2. The number of alkyl carbamates (subject to hydrolysis) is 1. The second-order valence-electron chi connectivity index (χ2n) is 8.07. The van der Waals surface area contributed by atoms with Crippen LogP contribution in [0.25, 0.3) is 10.8 Å². The molecule has 1 amide bonds. The van der Waals surface area contributed by atoms with Gasteiger partial charge in [0.25, 0.3) is 0 Å². The summed E-state index contributed by atoms with van der Waals surface area (Å²) in [6, 6.07) is 12.8. The molecule has 29 heavy (non-hydrogen) atoms. The minimum absolute atomic E-state index is 0.323. The van der Waals surface area contributed by atoms with Gasteiger partial charge < -0.3 is 10.1 Å². The molecule has 0 atom stereocenters. The maximum atomic E-state index is 12.6. The number of nitrogens with one attached hydrogen (secondary N) is 2. The van der Waals surface area contributed by atoms with Crippen LogP contribution in [0.15, 0.2) is 47.4 Å². The third kappa shape index (κ3) is 8.03. The van der Waals surface area contributed by atoms with E-state index in [1.807, 2.05) is 51.1 Å². The molecule has 0 saturated carbocycles. The van der Waals surface area contributed by atoms with E-state index in [0.29, 0.717) is 18.0 Å². The van der Waals surface area contributed by atoms with E-state index in [9.17, 15) is 13.2 Å². The van der Waals surface area contributed by atoms with Crippen molar-refractivity contribution in [2.75, 3.05) is 13.1 Å². The minimum Gasteiger partial charge on any atom is -0.444 e. The van der Waals surface area contributed by atoms with Crippen LogP contribution >= 0.6 is 0 Å². The number of benzene rings is 2. The fourth-order valence-corrected chi connectivity index (χ4v) is 4.30. The second-order valence-corrected chi connectivity index (χ2v) is 9.81. The van der Waals surface area contributed by atoms with Gasteiger partial charge in [-0.1, -0.05) is 55.7 Å². The summed E-state index contributed by atoms with van der Waals surface area (Å²) in [5, 5.41) is 4.39. The van der Waals surface area contributed by atoms with Gasteiger partial charge in [-0.25, -0.2) is 17.9 Å². The maximum Gasteiger partial charge on any atom is 0.407 e. The number of carbonyl (C=O) groups is 1. The molecule has 2 rings (SSSR count). The molecule has 0 fully saturated rings. The molecule has 160 valence electrons. The molecule has 7 heteroatoms. The van der Waals surface area contributed by atoms with Crippen LogP contribution in [0.2, 0.25) is 0 Å². The highest BCUT2D eigenvalue weighted by Crippen LogP contribution is 2.22. The Bertz CT molecular complexity index is 899. The summed E-state index contributed by atoms with van der Waals surface area (Å²) in [6.45, 7) is 6.51. The van der Waals surface area contributed by atoms with Crippen LogP contribution in [0, 0.1) is 0 Å². The van der Waals surface area contributed by atoms with E-state index in [4.69, 9.17) is 4.74 Å². The molecule has 2 aromatic carbocycles. The Kier molecular flexibility index (Phi) is 8.46. The Labute approximate surface area is 174 Å². The molecule has 0 aromatic heterocycles. The van der Waals surface area contributed by atoms with Gasteiger partial charge in [0.2, 0.25) is 10.0 Å². The Balaban J connectivity index is 1.63. The Hall–Kier alpha value is -2.12. The van der Waals surface area contributed by atoms with Crippen molar-refractivity contribution in [1.82, 2.24) is 10.0 Å². The van der Waals surface area contributed by atoms with Gasteiger partial charge in [-0.15, -0.1) is 0 Å². The zero-order valence-electron chi connectivity index (χ0n) is 17.5. The quantitative estimate of drug-likeness (QED) is 0.551. The molecule has 2 N–H and O–H groups in total. The molecular weight excluding hydrogens is 388 g/mol. The number of hydrogen-bond acceptors (Lipinski definition) is 4. The first-order valence-corrected chi connectivity index (χ1v) is 11.6. The van der Waals surface area contributed by atoms with Crippen LogP contribution in [0.3, 0.4) is 0 Å². The lowest BCUT2D eigenvalue weighted by Crippen LogP contribution is -2.32. The van der Waals surface area contributed by atoms with Crippen molar-refractivity contribution < 1.29 is 17.9 Å². The first-order valence-electron chi connectivity index (χ1n) is 10.1. The number of sulfonamides is 1. The van der Waals surface area contributed by atoms with E-state index in [0.717, 1.165) is 42.9 Å². The first-order chi connectivity index (χ1) is 13.7.